The van der Waals surface area contributed by atoms with Gasteiger partial charge >= 0.3 is 0 Å². The summed E-state index contributed by atoms with van der Waals surface area (Å²) in [6.45, 7) is 1.66. The second-order valence-electron chi connectivity index (χ2n) is 5.33. The Labute approximate surface area is 159 Å². The van der Waals surface area contributed by atoms with Gasteiger partial charge in [-0.3, -0.25) is 9.69 Å². The van der Waals surface area contributed by atoms with E-state index in [1.54, 1.807) is 43.3 Å². The number of aryl methyl sites for hydroxylation is 1. The summed E-state index contributed by atoms with van der Waals surface area (Å²) >= 11 is 12.6. The molecule has 2 aromatic rings. The average Bonchev–Trinajstić information content (AvgIpc) is 2.84. The van der Waals surface area contributed by atoms with Crippen molar-refractivity contribution in [1.82, 2.24) is 0 Å². The van der Waals surface area contributed by atoms with Crippen LogP contribution in [0.4, 0.5) is 5.69 Å². The van der Waals surface area contributed by atoms with E-state index in [-0.39, 0.29) is 11.5 Å². The first-order chi connectivity index (χ1) is 11.9. The molecule has 1 saturated heterocycles. The number of amides is 1. The van der Waals surface area contributed by atoms with Crippen LogP contribution in [0.15, 0.2) is 47.4 Å². The standard InChI is InChI=1S/C18H12ClNO3S2/c1-10-6-7-12(9-13(10)17(22)23)20-16(21)15(25-18(20)24)8-11-4-2-3-5-14(11)19/h2-9H,1H3,(H,22,23)/p-1/b15-8-. The number of hydrogen-bond acceptors (Lipinski definition) is 5. The maximum Gasteiger partial charge on any atom is 0.270 e. The van der Waals surface area contributed by atoms with Gasteiger partial charge < -0.3 is 9.90 Å². The van der Waals surface area contributed by atoms with Gasteiger partial charge in [-0.15, -0.1) is 0 Å². The molecule has 1 aliphatic heterocycles. The molecule has 0 atom stereocenters. The molecule has 1 heterocycles. The Morgan fingerprint density at radius 2 is 2.00 bits per heavy atom. The Morgan fingerprint density at radius 3 is 2.68 bits per heavy atom. The fourth-order valence-electron chi connectivity index (χ4n) is 2.39. The van der Waals surface area contributed by atoms with Gasteiger partial charge in [0, 0.05) is 10.6 Å². The van der Waals surface area contributed by atoms with Crippen LogP contribution in [0.25, 0.3) is 6.08 Å². The number of nitrogens with zero attached hydrogens (tertiary/aromatic N) is 1. The molecule has 0 aliphatic carbocycles. The van der Waals surface area contributed by atoms with E-state index in [1.165, 1.54) is 11.0 Å². The highest BCUT2D eigenvalue weighted by Gasteiger charge is 2.33. The van der Waals surface area contributed by atoms with Gasteiger partial charge in [0.15, 0.2) is 4.32 Å². The Kier molecular flexibility index (Phi) is 4.94. The summed E-state index contributed by atoms with van der Waals surface area (Å²) < 4.78 is 0.330. The first-order valence-electron chi connectivity index (χ1n) is 7.23. The molecule has 7 heteroatoms. The van der Waals surface area contributed by atoms with Crippen LogP contribution in [-0.4, -0.2) is 16.2 Å². The zero-order valence-corrected chi connectivity index (χ0v) is 15.4. The third kappa shape index (κ3) is 3.46. The molecule has 25 heavy (non-hydrogen) atoms. The summed E-state index contributed by atoms with van der Waals surface area (Å²) in [4.78, 5) is 25.7. The van der Waals surface area contributed by atoms with Crippen LogP contribution in [0.1, 0.15) is 21.5 Å². The van der Waals surface area contributed by atoms with E-state index in [2.05, 4.69) is 0 Å². The predicted molar refractivity (Wildman–Crippen MR) is 103 cm³/mol. The van der Waals surface area contributed by atoms with Crippen molar-refractivity contribution < 1.29 is 14.7 Å². The van der Waals surface area contributed by atoms with E-state index in [0.717, 1.165) is 11.8 Å². The molecule has 0 aromatic heterocycles. The Hall–Kier alpha value is -2.15. The van der Waals surface area contributed by atoms with Crippen LogP contribution >= 0.6 is 35.6 Å². The van der Waals surface area contributed by atoms with Crippen molar-refractivity contribution in [3.63, 3.8) is 0 Å². The second kappa shape index (κ2) is 7.00. The van der Waals surface area contributed by atoms with Crippen LogP contribution < -0.4 is 10.0 Å². The molecule has 126 valence electrons. The first-order valence-corrected chi connectivity index (χ1v) is 8.83. The molecule has 0 N–H and O–H groups in total. The SMILES string of the molecule is Cc1ccc(N2C(=O)/C(=C/c3ccccc3Cl)SC2=S)cc1C(=O)[O-]. The minimum absolute atomic E-state index is 0.0293. The molecule has 1 aliphatic rings. The highest BCUT2D eigenvalue weighted by atomic mass is 35.5. The molecular weight excluding hydrogens is 378 g/mol. The normalized spacial score (nSPS) is 15.9. The summed E-state index contributed by atoms with van der Waals surface area (Å²) in [5.74, 6) is -1.61. The lowest BCUT2D eigenvalue weighted by Crippen LogP contribution is -2.29. The lowest BCUT2D eigenvalue weighted by molar-refractivity contribution is -0.255. The van der Waals surface area contributed by atoms with E-state index in [1.807, 2.05) is 6.07 Å². The molecular formula is C18H11ClNO3S2-. The summed E-state index contributed by atoms with van der Waals surface area (Å²) in [7, 11) is 0. The minimum Gasteiger partial charge on any atom is -0.545 e. The Morgan fingerprint density at radius 1 is 1.28 bits per heavy atom. The number of anilines is 1. The number of carbonyl (C=O) groups is 2. The fraction of sp³-hybridized carbons (Fsp3) is 0.0556. The summed E-state index contributed by atoms with van der Waals surface area (Å²) in [5.41, 5.74) is 1.70. The smallest absolute Gasteiger partial charge is 0.270 e. The van der Waals surface area contributed by atoms with Crippen molar-refractivity contribution >= 4 is 63.5 Å². The molecule has 0 saturated carbocycles. The first kappa shape index (κ1) is 17.7. The van der Waals surface area contributed by atoms with Crippen LogP contribution in [-0.2, 0) is 4.79 Å². The summed E-state index contributed by atoms with van der Waals surface area (Å²) in [6.07, 6.45) is 1.68. The van der Waals surface area contributed by atoms with Gasteiger partial charge in [0.25, 0.3) is 5.91 Å². The molecule has 0 radical (unpaired) electrons. The van der Waals surface area contributed by atoms with Gasteiger partial charge in [0.2, 0.25) is 0 Å². The minimum atomic E-state index is -1.29. The van der Waals surface area contributed by atoms with Crippen molar-refractivity contribution in [3.05, 3.63) is 69.1 Å². The van der Waals surface area contributed by atoms with Gasteiger partial charge in [-0.25, -0.2) is 0 Å². The number of aromatic carboxylic acids is 1. The molecule has 4 nitrogen and oxygen atoms in total. The van der Waals surface area contributed by atoms with Gasteiger partial charge in [-0.2, -0.15) is 0 Å². The Balaban J connectivity index is 1.99. The van der Waals surface area contributed by atoms with Crippen molar-refractivity contribution in [2.45, 2.75) is 6.92 Å². The lowest BCUT2D eigenvalue weighted by atomic mass is 10.1. The van der Waals surface area contributed by atoms with Crippen LogP contribution in [0, 0.1) is 6.92 Å². The number of carboxylic acids is 1. The summed E-state index contributed by atoms with van der Waals surface area (Å²) in [6, 6.07) is 11.8. The second-order valence-corrected chi connectivity index (χ2v) is 7.41. The lowest BCUT2D eigenvalue weighted by Gasteiger charge is -2.17. The zero-order chi connectivity index (χ0) is 18.1. The number of carboxylic acid groups (broad SMARTS) is 1. The van der Waals surface area contributed by atoms with E-state index in [9.17, 15) is 14.7 Å². The number of benzene rings is 2. The predicted octanol–water partition coefficient (Wildman–Crippen LogP) is 3.42. The molecule has 0 unspecified atom stereocenters. The highest BCUT2D eigenvalue weighted by molar-refractivity contribution is 8.27. The molecule has 1 amide bonds. The van der Waals surface area contributed by atoms with E-state index in [4.69, 9.17) is 23.8 Å². The van der Waals surface area contributed by atoms with Gasteiger partial charge in [0.1, 0.15) is 0 Å². The molecule has 1 fully saturated rings. The number of carbonyl (C=O) groups excluding carboxylic acids is 2. The largest absolute Gasteiger partial charge is 0.545 e. The van der Waals surface area contributed by atoms with Crippen LogP contribution in [0.3, 0.4) is 0 Å². The molecule has 3 rings (SSSR count). The summed E-state index contributed by atoms with van der Waals surface area (Å²) in [5, 5.41) is 11.7. The third-order valence-corrected chi connectivity index (χ3v) is 5.33. The van der Waals surface area contributed by atoms with Crippen molar-refractivity contribution in [3.8, 4) is 0 Å². The molecule has 0 bridgehead atoms. The Bertz CT molecular complexity index is 940. The number of rotatable bonds is 3. The molecule has 2 aromatic carbocycles. The van der Waals surface area contributed by atoms with E-state index >= 15 is 0 Å². The van der Waals surface area contributed by atoms with Crippen LogP contribution in [0.5, 0.6) is 0 Å². The topological polar surface area (TPSA) is 60.4 Å². The van der Waals surface area contributed by atoms with Crippen molar-refractivity contribution in [2.24, 2.45) is 0 Å². The maximum absolute atomic E-state index is 12.7. The zero-order valence-electron chi connectivity index (χ0n) is 13.0. The maximum atomic E-state index is 12.7. The molecule has 0 spiro atoms. The van der Waals surface area contributed by atoms with E-state index in [0.29, 0.717) is 31.1 Å². The number of hydrogen-bond donors (Lipinski definition) is 0. The van der Waals surface area contributed by atoms with Crippen molar-refractivity contribution in [2.75, 3.05) is 4.90 Å². The number of thiocarbonyl (C=S) groups is 1. The van der Waals surface area contributed by atoms with Gasteiger partial charge in [0.05, 0.1) is 16.6 Å². The quantitative estimate of drug-likeness (QED) is 0.595. The van der Waals surface area contributed by atoms with Crippen molar-refractivity contribution in [1.29, 1.82) is 0 Å². The van der Waals surface area contributed by atoms with E-state index < -0.39 is 5.97 Å². The highest BCUT2D eigenvalue weighted by Crippen LogP contribution is 2.37. The van der Waals surface area contributed by atoms with Gasteiger partial charge in [-0.05, 0) is 42.3 Å². The number of thioether (sulfide) groups is 1. The fourth-order valence-corrected chi connectivity index (χ4v) is 3.87. The monoisotopic (exact) mass is 388 g/mol. The number of halogens is 1. The average molecular weight is 389 g/mol. The van der Waals surface area contributed by atoms with Gasteiger partial charge in [-0.1, -0.05) is 59.8 Å². The third-order valence-electron chi connectivity index (χ3n) is 3.68. The van der Waals surface area contributed by atoms with Crippen LogP contribution in [0.2, 0.25) is 5.02 Å².